The Bertz CT molecular complexity index is 1160. The van der Waals surface area contributed by atoms with Gasteiger partial charge in [-0.2, -0.15) is 0 Å². The Kier molecular flexibility index (Phi) is 7.54. The minimum atomic E-state index is -1.10. The molecular formula is C30H37N3O5. The first-order valence-electron chi connectivity index (χ1n) is 13.7. The first kappa shape index (κ1) is 26.4. The third-order valence-corrected chi connectivity index (χ3v) is 8.40. The molecule has 2 aromatic carbocycles. The summed E-state index contributed by atoms with van der Waals surface area (Å²) in [6.07, 6.45) is 2.41. The number of rotatable bonds is 10. The van der Waals surface area contributed by atoms with Crippen LogP contribution in [0.15, 0.2) is 60.7 Å². The molecule has 8 heteroatoms. The van der Waals surface area contributed by atoms with Crippen LogP contribution in [0.4, 0.5) is 0 Å². The summed E-state index contributed by atoms with van der Waals surface area (Å²) < 4.78 is 6.51. The molecular weight excluding hydrogens is 482 g/mol. The molecule has 202 valence electrons. The van der Waals surface area contributed by atoms with Gasteiger partial charge in [0.05, 0.1) is 30.6 Å². The van der Waals surface area contributed by atoms with Crippen molar-refractivity contribution in [3.63, 3.8) is 0 Å². The lowest BCUT2D eigenvalue weighted by Gasteiger charge is -2.37. The van der Waals surface area contributed by atoms with Gasteiger partial charge in [-0.05, 0) is 37.3 Å². The molecule has 3 aliphatic rings. The molecule has 5 rings (SSSR count). The maximum atomic E-state index is 14.2. The van der Waals surface area contributed by atoms with Gasteiger partial charge < -0.3 is 25.4 Å². The van der Waals surface area contributed by atoms with Crippen molar-refractivity contribution in [2.24, 2.45) is 11.8 Å². The van der Waals surface area contributed by atoms with E-state index in [4.69, 9.17) is 4.74 Å². The number of hydrogen-bond acceptors (Lipinski definition) is 5. The molecule has 0 saturated carbocycles. The Morgan fingerprint density at radius 1 is 1.11 bits per heavy atom. The average Bonchev–Trinajstić information content (AvgIpc) is 3.57. The molecule has 3 amide bonds. The molecule has 3 aliphatic heterocycles. The van der Waals surface area contributed by atoms with E-state index in [0.717, 1.165) is 24.0 Å². The summed E-state index contributed by atoms with van der Waals surface area (Å²) in [7, 11) is 0. The highest BCUT2D eigenvalue weighted by atomic mass is 16.5. The van der Waals surface area contributed by atoms with Gasteiger partial charge in [-0.15, -0.1) is 0 Å². The molecule has 3 saturated heterocycles. The standard InChI is InChI=1S/C30H37N3O5/c1-3-10-19(2)32-28(36)26-30-16-15-23(38-30)24(27(35)31-17-20-11-6-4-7-12-20)25(30)29(37)33(26)22(18-34)21-13-8-5-9-14-21/h4-9,11-14,19,22-26,34H,3,10,15-18H2,1-2H3,(H,31,35)(H,32,36)/t19?,22-,23+,24-,25+,26?,30?/m1/s1. The number of aliphatic hydroxyl groups is 1. The minimum absolute atomic E-state index is 0.0761. The normalized spacial score (nSPS) is 29.1. The van der Waals surface area contributed by atoms with E-state index in [0.29, 0.717) is 19.4 Å². The van der Waals surface area contributed by atoms with Crippen LogP contribution in [0.25, 0.3) is 0 Å². The highest BCUT2D eigenvalue weighted by molar-refractivity contribution is 5.99. The van der Waals surface area contributed by atoms with Crippen LogP contribution in [0.2, 0.25) is 0 Å². The second kappa shape index (κ2) is 10.9. The Labute approximate surface area is 223 Å². The lowest BCUT2D eigenvalue weighted by atomic mass is 9.70. The molecule has 0 aliphatic carbocycles. The van der Waals surface area contributed by atoms with E-state index in [1.807, 2.05) is 67.6 Å². The van der Waals surface area contributed by atoms with Gasteiger partial charge in [0.1, 0.15) is 11.6 Å². The second-order valence-corrected chi connectivity index (χ2v) is 10.8. The van der Waals surface area contributed by atoms with Gasteiger partial charge >= 0.3 is 0 Å². The number of ether oxygens (including phenoxy) is 1. The number of amides is 3. The van der Waals surface area contributed by atoms with Crippen molar-refractivity contribution in [3.05, 3.63) is 71.8 Å². The number of fused-ring (bicyclic) bond motifs is 1. The van der Waals surface area contributed by atoms with E-state index in [1.54, 1.807) is 0 Å². The highest BCUT2D eigenvalue weighted by Gasteiger charge is 2.75. The van der Waals surface area contributed by atoms with Crippen LogP contribution in [-0.2, 0) is 25.7 Å². The average molecular weight is 520 g/mol. The van der Waals surface area contributed by atoms with Crippen LogP contribution in [0.1, 0.15) is 56.7 Å². The van der Waals surface area contributed by atoms with Gasteiger partial charge in [0.2, 0.25) is 17.7 Å². The van der Waals surface area contributed by atoms with E-state index >= 15 is 0 Å². The fourth-order valence-electron chi connectivity index (χ4n) is 6.79. The molecule has 0 radical (unpaired) electrons. The molecule has 0 aromatic heterocycles. The molecule has 2 aromatic rings. The van der Waals surface area contributed by atoms with Crippen LogP contribution < -0.4 is 10.6 Å². The zero-order valence-corrected chi connectivity index (χ0v) is 22.0. The molecule has 2 bridgehead atoms. The number of benzene rings is 2. The maximum absolute atomic E-state index is 14.2. The van der Waals surface area contributed by atoms with E-state index in [1.165, 1.54) is 4.90 Å². The Hall–Kier alpha value is -3.23. The molecule has 3 fully saturated rings. The van der Waals surface area contributed by atoms with Crippen molar-refractivity contribution < 1.29 is 24.2 Å². The number of carbonyl (C=O) groups is 3. The van der Waals surface area contributed by atoms with Crippen molar-refractivity contribution in [3.8, 4) is 0 Å². The fourth-order valence-corrected chi connectivity index (χ4v) is 6.79. The number of hydrogen-bond donors (Lipinski definition) is 3. The van der Waals surface area contributed by atoms with Gasteiger partial charge in [-0.25, -0.2) is 0 Å². The predicted molar refractivity (Wildman–Crippen MR) is 142 cm³/mol. The van der Waals surface area contributed by atoms with E-state index < -0.39 is 35.6 Å². The van der Waals surface area contributed by atoms with Gasteiger partial charge in [0.25, 0.3) is 0 Å². The monoisotopic (exact) mass is 519 g/mol. The maximum Gasteiger partial charge on any atom is 0.246 e. The number of likely N-dealkylation sites (tertiary alicyclic amines) is 1. The van der Waals surface area contributed by atoms with Gasteiger partial charge in [0.15, 0.2) is 0 Å². The summed E-state index contributed by atoms with van der Waals surface area (Å²) in [6, 6.07) is 17.1. The quantitative estimate of drug-likeness (QED) is 0.447. The summed E-state index contributed by atoms with van der Waals surface area (Å²) >= 11 is 0. The van der Waals surface area contributed by atoms with Crippen molar-refractivity contribution in [1.82, 2.24) is 15.5 Å². The fraction of sp³-hybridized carbons (Fsp3) is 0.500. The van der Waals surface area contributed by atoms with Crippen LogP contribution >= 0.6 is 0 Å². The molecule has 38 heavy (non-hydrogen) atoms. The Balaban J connectivity index is 1.49. The number of aliphatic hydroxyl groups excluding tert-OH is 1. The van der Waals surface area contributed by atoms with Gasteiger partial charge in [0, 0.05) is 12.6 Å². The van der Waals surface area contributed by atoms with Gasteiger partial charge in [-0.1, -0.05) is 74.0 Å². The molecule has 7 atom stereocenters. The summed E-state index contributed by atoms with van der Waals surface area (Å²) in [5.41, 5.74) is 0.596. The third kappa shape index (κ3) is 4.50. The van der Waals surface area contributed by atoms with Crippen LogP contribution in [-0.4, -0.2) is 58.1 Å². The third-order valence-electron chi connectivity index (χ3n) is 8.40. The lowest BCUT2D eigenvalue weighted by molar-refractivity contribution is -0.146. The first-order valence-corrected chi connectivity index (χ1v) is 13.7. The zero-order valence-electron chi connectivity index (χ0n) is 22.0. The van der Waals surface area contributed by atoms with E-state index in [2.05, 4.69) is 17.6 Å². The minimum Gasteiger partial charge on any atom is -0.394 e. The summed E-state index contributed by atoms with van der Waals surface area (Å²) in [5, 5.41) is 16.6. The molecule has 8 nitrogen and oxygen atoms in total. The Morgan fingerprint density at radius 2 is 1.79 bits per heavy atom. The predicted octanol–water partition coefficient (Wildman–Crippen LogP) is 2.72. The van der Waals surface area contributed by atoms with E-state index in [-0.39, 0.29) is 30.4 Å². The van der Waals surface area contributed by atoms with Gasteiger partial charge in [-0.3, -0.25) is 14.4 Å². The second-order valence-electron chi connectivity index (χ2n) is 10.8. The number of nitrogens with one attached hydrogen (secondary N) is 2. The smallest absolute Gasteiger partial charge is 0.246 e. The van der Waals surface area contributed by atoms with Crippen molar-refractivity contribution in [2.45, 2.75) is 75.9 Å². The highest BCUT2D eigenvalue weighted by Crippen LogP contribution is 2.59. The van der Waals surface area contributed by atoms with Crippen LogP contribution in [0, 0.1) is 11.8 Å². The number of carbonyl (C=O) groups excluding carboxylic acids is 3. The van der Waals surface area contributed by atoms with Crippen molar-refractivity contribution >= 4 is 17.7 Å². The molecule has 1 spiro atoms. The van der Waals surface area contributed by atoms with E-state index in [9.17, 15) is 19.5 Å². The molecule has 3 heterocycles. The van der Waals surface area contributed by atoms with Crippen molar-refractivity contribution in [1.29, 1.82) is 0 Å². The van der Waals surface area contributed by atoms with Crippen LogP contribution in [0.3, 0.4) is 0 Å². The number of nitrogens with zero attached hydrogens (tertiary/aromatic N) is 1. The van der Waals surface area contributed by atoms with Crippen LogP contribution in [0.5, 0.6) is 0 Å². The lowest BCUT2D eigenvalue weighted by Crippen LogP contribution is -2.57. The summed E-state index contributed by atoms with van der Waals surface area (Å²) in [4.78, 5) is 43.2. The SMILES string of the molecule is CCCC(C)NC(=O)C1N([C@H](CO)c2ccccc2)C(=O)[C@@H]2[C@H](C(=O)NCc3ccccc3)[C@@H]3CCC12O3. The van der Waals surface area contributed by atoms with Crippen molar-refractivity contribution in [2.75, 3.05) is 6.61 Å². The molecule has 3 N–H and O–H groups in total. The summed E-state index contributed by atoms with van der Waals surface area (Å²) in [6.45, 7) is 4.01. The molecule has 3 unspecified atom stereocenters. The topological polar surface area (TPSA) is 108 Å². The largest absolute Gasteiger partial charge is 0.394 e. The zero-order chi connectivity index (χ0) is 26.9. The first-order chi connectivity index (χ1) is 18.4. The Morgan fingerprint density at radius 3 is 2.45 bits per heavy atom. The summed E-state index contributed by atoms with van der Waals surface area (Å²) in [5.74, 6) is -2.31.